The van der Waals surface area contributed by atoms with Crippen molar-refractivity contribution in [2.45, 2.75) is 43.8 Å². The molecule has 1 saturated carbocycles. The summed E-state index contributed by atoms with van der Waals surface area (Å²) in [5.74, 6) is 0.640. The number of amides is 1. The van der Waals surface area contributed by atoms with Crippen LogP contribution >= 0.6 is 31.9 Å². The van der Waals surface area contributed by atoms with Crippen LogP contribution in [0.4, 0.5) is 5.82 Å². The maximum atomic E-state index is 13.1. The Morgan fingerprint density at radius 2 is 1.93 bits per heavy atom. The molecule has 5 nitrogen and oxygen atoms in total. The topological polar surface area (TPSA) is 76.1 Å². The highest BCUT2D eigenvalue weighted by molar-refractivity contribution is 9.10. The number of hydrogen-bond donors (Lipinski definition) is 2. The molecule has 1 unspecified atom stereocenters. The number of carbonyl (C=O) groups excluding carboxylic acids is 1. The molecule has 1 aromatic carbocycles. The first kappa shape index (κ1) is 21.5. The number of thiol groups is 1. The Balaban J connectivity index is 1.84. The van der Waals surface area contributed by atoms with Gasteiger partial charge in [-0.05, 0) is 57.6 Å². The summed E-state index contributed by atoms with van der Waals surface area (Å²) < 4.78 is 23.7. The summed E-state index contributed by atoms with van der Waals surface area (Å²) in [6.45, 7) is 0. The second-order valence-corrected chi connectivity index (χ2v) is 9.88. The smallest absolute Gasteiger partial charge is 0.233 e. The Hall–Kier alpha value is -1.25. The molecule has 1 heterocycles. The number of aromatic nitrogens is 1. The maximum absolute atomic E-state index is 13.1. The molecular formula is C20H22Br2N2O3S. The molecule has 0 saturated heterocycles. The Bertz CT molecular complexity index is 902. The Morgan fingerprint density at radius 1 is 1.18 bits per heavy atom. The van der Waals surface area contributed by atoms with Gasteiger partial charge in [0, 0.05) is 15.1 Å². The zero-order valence-electron chi connectivity index (χ0n) is 15.2. The lowest BCUT2D eigenvalue weighted by atomic mass is 9.87. The number of carbonyl (C=O) groups is 1. The van der Waals surface area contributed by atoms with Crippen molar-refractivity contribution in [1.29, 1.82) is 0 Å². The third kappa shape index (κ3) is 5.87. The van der Waals surface area contributed by atoms with Gasteiger partial charge in [0.2, 0.25) is 5.91 Å². The molecule has 1 aliphatic carbocycles. The molecule has 1 atom stereocenters. The molecule has 0 aliphatic heterocycles. The predicted molar refractivity (Wildman–Crippen MR) is 118 cm³/mol. The van der Waals surface area contributed by atoms with E-state index in [2.05, 4.69) is 42.2 Å². The normalized spacial score (nSPS) is 15.7. The third-order valence-corrected chi connectivity index (χ3v) is 6.92. The van der Waals surface area contributed by atoms with Crippen LogP contribution in [0.2, 0.25) is 0 Å². The molecular weight excluding hydrogens is 508 g/mol. The van der Waals surface area contributed by atoms with E-state index in [4.69, 9.17) is 0 Å². The van der Waals surface area contributed by atoms with Gasteiger partial charge < -0.3 is 5.32 Å². The van der Waals surface area contributed by atoms with E-state index < -0.39 is 10.7 Å². The van der Waals surface area contributed by atoms with Crippen LogP contribution in [-0.2, 0) is 21.3 Å². The number of hydrogen-bond acceptors (Lipinski definition) is 4. The minimum atomic E-state index is -2.50. The number of halogens is 2. The minimum Gasteiger partial charge on any atom is -0.310 e. The van der Waals surface area contributed by atoms with Crippen LogP contribution in [0.5, 0.6) is 0 Å². The number of anilines is 1. The quantitative estimate of drug-likeness (QED) is 0.494. The van der Waals surface area contributed by atoms with E-state index in [1.807, 2.05) is 18.2 Å². The molecule has 2 aromatic rings. The first-order valence-corrected chi connectivity index (χ1v) is 12.2. The van der Waals surface area contributed by atoms with Gasteiger partial charge in [0.1, 0.15) is 16.5 Å². The van der Waals surface area contributed by atoms with Crippen molar-refractivity contribution in [2.24, 2.45) is 5.92 Å². The molecule has 3 rings (SSSR count). The fourth-order valence-electron chi connectivity index (χ4n) is 3.68. The molecule has 0 radical (unpaired) electrons. The van der Waals surface area contributed by atoms with Crippen LogP contribution in [0.25, 0.3) is 0 Å². The molecule has 150 valence electrons. The lowest BCUT2D eigenvalue weighted by Crippen LogP contribution is -2.23. The van der Waals surface area contributed by atoms with Crippen molar-refractivity contribution in [3.05, 3.63) is 56.6 Å². The van der Waals surface area contributed by atoms with Crippen LogP contribution in [0.1, 0.15) is 49.1 Å². The Kier molecular flexibility index (Phi) is 7.65. The van der Waals surface area contributed by atoms with E-state index in [0.717, 1.165) is 33.8 Å². The summed E-state index contributed by atoms with van der Waals surface area (Å²) in [4.78, 5) is 17.3. The molecule has 1 aliphatic rings. The number of rotatable bonds is 7. The van der Waals surface area contributed by atoms with Crippen LogP contribution in [0.3, 0.4) is 0 Å². The van der Waals surface area contributed by atoms with Crippen molar-refractivity contribution in [3.8, 4) is 0 Å². The van der Waals surface area contributed by atoms with E-state index in [1.54, 1.807) is 18.3 Å². The van der Waals surface area contributed by atoms with Crippen molar-refractivity contribution >= 4 is 54.3 Å². The van der Waals surface area contributed by atoms with Gasteiger partial charge in [-0.2, -0.15) is 0 Å². The number of nitrogens with one attached hydrogen (secondary N) is 1. The van der Waals surface area contributed by atoms with Crippen molar-refractivity contribution < 1.29 is 13.2 Å². The molecule has 1 fully saturated rings. The second kappa shape index (κ2) is 9.98. The summed E-state index contributed by atoms with van der Waals surface area (Å²) in [6, 6.07) is 9.13. The minimum absolute atomic E-state index is 0.0154. The van der Waals surface area contributed by atoms with E-state index in [1.165, 1.54) is 12.8 Å². The highest BCUT2D eigenvalue weighted by atomic mass is 79.9. The van der Waals surface area contributed by atoms with Crippen LogP contribution in [-0.4, -0.2) is 19.3 Å². The van der Waals surface area contributed by atoms with Crippen molar-refractivity contribution in [2.75, 3.05) is 5.32 Å². The summed E-state index contributed by atoms with van der Waals surface area (Å²) in [6.07, 6.45) is 7.16. The molecule has 0 spiro atoms. The summed E-state index contributed by atoms with van der Waals surface area (Å²) >= 11 is 6.81. The largest absolute Gasteiger partial charge is 0.310 e. The average Bonchev–Trinajstić information content (AvgIpc) is 3.16. The van der Waals surface area contributed by atoms with Crippen molar-refractivity contribution in [1.82, 2.24) is 4.98 Å². The van der Waals surface area contributed by atoms with Gasteiger partial charge in [-0.3, -0.25) is 4.79 Å². The van der Waals surface area contributed by atoms with Crippen LogP contribution < -0.4 is 5.32 Å². The third-order valence-electron chi connectivity index (χ3n) is 5.12. The molecule has 1 amide bonds. The SMILES string of the molecule is O=C(Nc1ccc(Br)cn1)C(CC1CCCC1)c1ccc(C[SH](=O)=O)c(Br)c1. The zero-order valence-corrected chi connectivity index (χ0v) is 19.3. The van der Waals surface area contributed by atoms with Gasteiger partial charge in [0.05, 0.1) is 11.7 Å². The molecule has 1 N–H and O–H groups in total. The van der Waals surface area contributed by atoms with Gasteiger partial charge in [-0.25, -0.2) is 13.4 Å². The summed E-state index contributed by atoms with van der Waals surface area (Å²) in [7, 11) is -2.50. The average molecular weight is 530 g/mol. The molecule has 8 heteroatoms. The van der Waals surface area contributed by atoms with Crippen LogP contribution in [0, 0.1) is 5.92 Å². The first-order chi connectivity index (χ1) is 13.4. The van der Waals surface area contributed by atoms with E-state index >= 15 is 0 Å². The molecule has 0 bridgehead atoms. The predicted octanol–water partition coefficient (Wildman–Crippen LogP) is 5.02. The highest BCUT2D eigenvalue weighted by Gasteiger charge is 2.27. The highest BCUT2D eigenvalue weighted by Crippen LogP contribution is 2.36. The van der Waals surface area contributed by atoms with E-state index in [-0.39, 0.29) is 17.6 Å². The first-order valence-electron chi connectivity index (χ1n) is 9.25. The van der Waals surface area contributed by atoms with E-state index in [9.17, 15) is 13.2 Å². The van der Waals surface area contributed by atoms with Gasteiger partial charge in [-0.15, -0.1) is 0 Å². The lowest BCUT2D eigenvalue weighted by molar-refractivity contribution is -0.118. The lowest BCUT2D eigenvalue weighted by Gasteiger charge is -2.21. The van der Waals surface area contributed by atoms with Gasteiger partial charge >= 0.3 is 0 Å². The van der Waals surface area contributed by atoms with Gasteiger partial charge in [0.15, 0.2) is 0 Å². The number of benzene rings is 1. The Labute approximate surface area is 183 Å². The fourth-order valence-corrected chi connectivity index (χ4v) is 5.23. The van der Waals surface area contributed by atoms with E-state index in [0.29, 0.717) is 17.3 Å². The second-order valence-electron chi connectivity index (χ2n) is 7.13. The van der Waals surface area contributed by atoms with Gasteiger partial charge in [-0.1, -0.05) is 53.7 Å². The standard InChI is InChI=1S/C20H22Br2N2O3S/c21-16-7-8-19(23-11-16)24-20(25)17(9-13-3-1-2-4-13)14-5-6-15(12-28(26)27)18(22)10-14/h5-8,10-11,13,17,28H,1-4,9,12H2,(H,23,24,25). The maximum Gasteiger partial charge on any atom is 0.233 e. The Morgan fingerprint density at radius 3 is 2.54 bits per heavy atom. The molecule has 1 aromatic heterocycles. The van der Waals surface area contributed by atoms with Gasteiger partial charge in [0.25, 0.3) is 0 Å². The number of nitrogens with zero attached hydrogens (tertiary/aromatic N) is 1. The summed E-state index contributed by atoms with van der Waals surface area (Å²) in [5.41, 5.74) is 1.59. The number of pyridine rings is 1. The van der Waals surface area contributed by atoms with Crippen LogP contribution in [0.15, 0.2) is 45.5 Å². The monoisotopic (exact) mass is 528 g/mol. The fraction of sp³-hybridized carbons (Fsp3) is 0.400. The zero-order chi connectivity index (χ0) is 20.1. The summed E-state index contributed by atoms with van der Waals surface area (Å²) in [5, 5.41) is 2.92. The molecule has 28 heavy (non-hydrogen) atoms. The van der Waals surface area contributed by atoms with Crippen molar-refractivity contribution in [3.63, 3.8) is 0 Å².